The van der Waals surface area contributed by atoms with E-state index in [0.29, 0.717) is 18.3 Å². The molecule has 0 aliphatic heterocycles. The summed E-state index contributed by atoms with van der Waals surface area (Å²) < 4.78 is 36.0. The van der Waals surface area contributed by atoms with Gasteiger partial charge in [-0.3, -0.25) is 4.18 Å². The largest absolute Gasteiger partial charge is 0.726 e. The first-order valence-corrected chi connectivity index (χ1v) is 10.5. The molecule has 2 rings (SSSR count). The Hall–Kier alpha value is -0.180. The third-order valence-electron chi connectivity index (χ3n) is 4.32. The molecule has 0 atom stereocenters. The topological polar surface area (TPSA) is 66.4 Å². The van der Waals surface area contributed by atoms with E-state index in [-0.39, 0.29) is 6.10 Å². The van der Waals surface area contributed by atoms with E-state index < -0.39 is 10.4 Å². The average Bonchev–Trinajstić information content (AvgIpc) is 2.48. The maximum Gasteiger partial charge on any atom is 0.217 e. The second kappa shape index (κ2) is 9.34. The molecule has 0 heterocycles. The van der Waals surface area contributed by atoms with E-state index in [1.54, 1.807) is 0 Å². The van der Waals surface area contributed by atoms with Crippen LogP contribution in [0.1, 0.15) is 64.9 Å². The minimum absolute atomic E-state index is 0.324. The maximum absolute atomic E-state index is 10.1. The fraction of sp³-hybridized carbons (Fsp3) is 0.647. The van der Waals surface area contributed by atoms with E-state index in [1.807, 2.05) is 0 Å². The van der Waals surface area contributed by atoms with Crippen LogP contribution in [0.3, 0.4) is 0 Å². The van der Waals surface area contributed by atoms with Crippen molar-refractivity contribution < 1.29 is 17.2 Å². The van der Waals surface area contributed by atoms with E-state index in [2.05, 4.69) is 71.8 Å². The summed E-state index contributed by atoms with van der Waals surface area (Å²) in [7, 11) is -4.47. The van der Waals surface area contributed by atoms with Crippen molar-refractivity contribution in [3.63, 3.8) is 0 Å². The normalized spacial score (nSPS) is 16.6. The lowest BCUT2D eigenvalue weighted by molar-refractivity contribution is 0.139. The molecule has 1 aliphatic rings. The predicted molar refractivity (Wildman–Crippen MR) is 100 cm³/mol. The molecular weight excluding hydrogens is 427 g/mol. The average molecular weight is 453 g/mol. The van der Waals surface area contributed by atoms with Gasteiger partial charge in [0.2, 0.25) is 10.4 Å². The molecule has 0 spiro atoms. The standard InChI is InChI=1S/C11H15I.C6H12O4S/c1-4-11(2,3)9-5-7-10(12)8-6-9;7-11(8,9)10-6-4-2-1-3-5-6/h5-8H,4H2,1-3H3;6H,1-5H2,(H,7,8,9)/p-1. The molecule has 0 saturated heterocycles. The smallest absolute Gasteiger partial charge is 0.217 e. The summed E-state index contributed by atoms with van der Waals surface area (Å²) in [5.41, 5.74) is 1.76. The first kappa shape index (κ1) is 20.9. The molecule has 0 bridgehead atoms. The van der Waals surface area contributed by atoms with E-state index in [1.165, 1.54) is 15.6 Å². The van der Waals surface area contributed by atoms with Crippen LogP contribution in [0.2, 0.25) is 0 Å². The highest BCUT2D eigenvalue weighted by Gasteiger charge is 2.17. The Morgan fingerprint density at radius 3 is 2.13 bits per heavy atom. The van der Waals surface area contributed by atoms with E-state index >= 15 is 0 Å². The van der Waals surface area contributed by atoms with Gasteiger partial charge in [0.25, 0.3) is 0 Å². The molecule has 0 aromatic heterocycles. The van der Waals surface area contributed by atoms with Gasteiger partial charge in [-0.1, -0.05) is 52.2 Å². The molecule has 6 heteroatoms. The van der Waals surface area contributed by atoms with Crippen LogP contribution in [-0.2, 0) is 20.0 Å². The highest BCUT2D eigenvalue weighted by Crippen LogP contribution is 2.26. The van der Waals surface area contributed by atoms with Gasteiger partial charge in [0.15, 0.2) is 0 Å². The number of hydrogen-bond acceptors (Lipinski definition) is 4. The zero-order chi connectivity index (χ0) is 17.5. The van der Waals surface area contributed by atoms with Gasteiger partial charge in [-0.25, -0.2) is 8.42 Å². The lowest BCUT2D eigenvalue weighted by Crippen LogP contribution is -2.20. The van der Waals surface area contributed by atoms with E-state index in [0.717, 1.165) is 19.3 Å². The summed E-state index contributed by atoms with van der Waals surface area (Å²) in [4.78, 5) is 0. The summed E-state index contributed by atoms with van der Waals surface area (Å²) in [5.74, 6) is 0. The molecule has 0 amide bonds. The summed E-state index contributed by atoms with van der Waals surface area (Å²) >= 11 is 2.34. The Morgan fingerprint density at radius 2 is 1.70 bits per heavy atom. The van der Waals surface area contributed by atoms with Gasteiger partial charge in [0.05, 0.1) is 6.10 Å². The van der Waals surface area contributed by atoms with Crippen LogP contribution in [0.4, 0.5) is 0 Å². The summed E-state index contributed by atoms with van der Waals surface area (Å²) in [6.45, 7) is 6.81. The van der Waals surface area contributed by atoms with Crippen molar-refractivity contribution in [1.82, 2.24) is 0 Å². The fourth-order valence-electron chi connectivity index (χ4n) is 2.43. The molecule has 23 heavy (non-hydrogen) atoms. The molecule has 4 nitrogen and oxygen atoms in total. The molecule has 1 aromatic carbocycles. The van der Waals surface area contributed by atoms with Crippen molar-refractivity contribution in [3.05, 3.63) is 33.4 Å². The molecule has 0 unspecified atom stereocenters. The molecule has 0 N–H and O–H groups in total. The minimum atomic E-state index is -4.47. The van der Waals surface area contributed by atoms with Gasteiger partial charge in [0, 0.05) is 3.57 Å². The van der Waals surface area contributed by atoms with Gasteiger partial charge in [-0.05, 0) is 65.0 Å². The molecule has 0 radical (unpaired) electrons. The van der Waals surface area contributed by atoms with Crippen molar-refractivity contribution in [2.24, 2.45) is 0 Å². The molecule has 132 valence electrons. The van der Waals surface area contributed by atoms with Crippen molar-refractivity contribution in [3.8, 4) is 0 Å². The summed E-state index contributed by atoms with van der Waals surface area (Å²) in [6, 6.07) is 8.80. The Labute approximate surface area is 154 Å². The fourth-order valence-corrected chi connectivity index (χ4v) is 3.32. The molecule has 1 saturated carbocycles. The number of halogens is 1. The molecule has 1 aromatic rings. The van der Waals surface area contributed by atoms with E-state index in [9.17, 15) is 13.0 Å². The van der Waals surface area contributed by atoms with Gasteiger partial charge in [-0.15, -0.1) is 0 Å². The van der Waals surface area contributed by atoms with Gasteiger partial charge in [0.1, 0.15) is 0 Å². The third-order valence-corrected chi connectivity index (χ3v) is 5.54. The second-order valence-corrected chi connectivity index (χ2v) is 8.76. The van der Waals surface area contributed by atoms with Crippen molar-refractivity contribution in [2.75, 3.05) is 0 Å². The Kier molecular flexibility index (Phi) is 8.47. The number of hydrogen-bond donors (Lipinski definition) is 0. The van der Waals surface area contributed by atoms with Crippen LogP contribution < -0.4 is 0 Å². The zero-order valence-corrected chi connectivity index (χ0v) is 17.0. The highest BCUT2D eigenvalue weighted by molar-refractivity contribution is 14.1. The van der Waals surface area contributed by atoms with Crippen LogP contribution >= 0.6 is 22.6 Å². The van der Waals surface area contributed by atoms with Gasteiger partial charge >= 0.3 is 0 Å². The predicted octanol–water partition coefficient (Wildman–Crippen LogP) is 4.77. The second-order valence-electron chi connectivity index (χ2n) is 6.51. The van der Waals surface area contributed by atoms with E-state index in [4.69, 9.17) is 0 Å². The zero-order valence-electron chi connectivity index (χ0n) is 14.0. The van der Waals surface area contributed by atoms with Crippen molar-refractivity contribution in [1.29, 1.82) is 0 Å². The highest BCUT2D eigenvalue weighted by atomic mass is 127. The minimum Gasteiger partial charge on any atom is -0.726 e. The molecular formula is C17H26IO4S-. The van der Waals surface area contributed by atoms with Crippen LogP contribution in [0.25, 0.3) is 0 Å². The summed E-state index contributed by atoms with van der Waals surface area (Å²) in [5, 5.41) is 0. The van der Waals surface area contributed by atoms with Crippen LogP contribution in [0.15, 0.2) is 24.3 Å². The van der Waals surface area contributed by atoms with Crippen molar-refractivity contribution >= 4 is 33.0 Å². The first-order chi connectivity index (χ1) is 10.6. The quantitative estimate of drug-likeness (QED) is 0.374. The Balaban J connectivity index is 0.000000231. The lowest BCUT2D eigenvalue weighted by atomic mass is 9.82. The van der Waals surface area contributed by atoms with Crippen LogP contribution in [0.5, 0.6) is 0 Å². The SMILES string of the molecule is CCC(C)(C)c1ccc(I)cc1.O=S(=O)([O-])OC1CCCCC1. The van der Waals surface area contributed by atoms with Crippen molar-refractivity contribution in [2.45, 2.75) is 70.8 Å². The Morgan fingerprint density at radius 1 is 1.17 bits per heavy atom. The Bertz CT molecular complexity index is 561. The number of rotatable bonds is 4. The third kappa shape index (κ3) is 8.47. The molecule has 1 aliphatic carbocycles. The lowest BCUT2D eigenvalue weighted by Gasteiger charge is -2.23. The van der Waals surface area contributed by atoms with Gasteiger partial charge in [-0.2, -0.15) is 0 Å². The van der Waals surface area contributed by atoms with Crippen LogP contribution in [0, 0.1) is 3.57 Å². The first-order valence-electron chi connectivity index (χ1n) is 8.04. The number of benzene rings is 1. The van der Waals surface area contributed by atoms with Gasteiger partial charge < -0.3 is 4.55 Å². The molecule has 1 fully saturated rings. The summed E-state index contributed by atoms with van der Waals surface area (Å²) in [6.07, 6.45) is 5.25. The maximum atomic E-state index is 10.1. The van der Waals surface area contributed by atoms with Crippen LogP contribution in [-0.4, -0.2) is 19.1 Å². The monoisotopic (exact) mass is 453 g/mol.